The van der Waals surface area contributed by atoms with Crippen LogP contribution in [-0.4, -0.2) is 14.5 Å². The molecule has 0 aliphatic heterocycles. The molecule has 4 N–H and O–H groups in total. The number of nitrogens with zero attached hydrogens (tertiary/aromatic N) is 2. The average molecular weight is 309 g/mol. The molecule has 0 aliphatic carbocycles. The van der Waals surface area contributed by atoms with Gasteiger partial charge in [0.1, 0.15) is 16.5 Å². The van der Waals surface area contributed by atoms with Gasteiger partial charge in [0.05, 0.1) is 6.54 Å². The first kappa shape index (κ1) is 15.3. The molecule has 0 spiro atoms. The molecule has 0 aliphatic rings. The number of anilines is 2. The Morgan fingerprint density at radius 3 is 2.81 bits per heavy atom. The van der Waals surface area contributed by atoms with Crippen molar-refractivity contribution in [3.8, 4) is 0 Å². The van der Waals surface area contributed by atoms with Gasteiger partial charge in [-0.05, 0) is 12.8 Å². The van der Waals surface area contributed by atoms with Gasteiger partial charge in [0, 0.05) is 17.6 Å². The van der Waals surface area contributed by atoms with E-state index in [4.69, 9.17) is 5.73 Å². The number of thiazole rings is 1. The Kier molecular flexibility index (Phi) is 4.79. The van der Waals surface area contributed by atoms with E-state index < -0.39 is 11.2 Å². The summed E-state index contributed by atoms with van der Waals surface area (Å²) in [5.41, 5.74) is 5.17. The predicted octanol–water partition coefficient (Wildman–Crippen LogP) is 1.16. The molecular formula is C13H19N5O2S. The lowest BCUT2D eigenvalue weighted by Crippen LogP contribution is -2.34. The van der Waals surface area contributed by atoms with E-state index in [9.17, 15) is 9.59 Å². The molecule has 0 fully saturated rings. The van der Waals surface area contributed by atoms with Gasteiger partial charge in [-0.1, -0.05) is 13.8 Å². The molecule has 2 aromatic heterocycles. The normalized spacial score (nSPS) is 10.8. The highest BCUT2D eigenvalue weighted by molar-refractivity contribution is 7.11. The van der Waals surface area contributed by atoms with E-state index in [0.29, 0.717) is 13.1 Å². The second-order valence-electron chi connectivity index (χ2n) is 4.60. The number of hydrogen-bond donors (Lipinski definition) is 3. The number of H-pyrrole nitrogens is 1. The molecule has 0 saturated carbocycles. The highest BCUT2D eigenvalue weighted by Crippen LogP contribution is 2.16. The number of nitrogens with one attached hydrogen (secondary N) is 2. The lowest BCUT2D eigenvalue weighted by atomic mass is 10.4. The lowest BCUT2D eigenvalue weighted by Gasteiger charge is -2.12. The van der Waals surface area contributed by atoms with Gasteiger partial charge in [0.15, 0.2) is 0 Å². The molecule has 114 valence electrons. The third-order valence-corrected chi connectivity index (χ3v) is 4.19. The number of aryl methyl sites for hydroxylation is 1. The third kappa shape index (κ3) is 3.33. The Bertz CT molecular complexity index is 731. The van der Waals surface area contributed by atoms with Crippen LogP contribution in [0.5, 0.6) is 0 Å². The number of aromatic nitrogens is 3. The summed E-state index contributed by atoms with van der Waals surface area (Å²) in [6.45, 7) is 4.87. The molecule has 8 heteroatoms. The maximum atomic E-state index is 11.9. The molecule has 0 amide bonds. The molecule has 0 atom stereocenters. The van der Waals surface area contributed by atoms with Crippen LogP contribution in [0.3, 0.4) is 0 Å². The molecule has 21 heavy (non-hydrogen) atoms. The number of rotatable bonds is 6. The first-order chi connectivity index (χ1) is 10.1. The van der Waals surface area contributed by atoms with Crippen LogP contribution in [-0.2, 0) is 19.5 Å². The van der Waals surface area contributed by atoms with Crippen molar-refractivity contribution in [2.75, 3.05) is 11.1 Å². The Hall–Kier alpha value is -2.09. The SMILES string of the molecule is CCCn1c(N)c(NCc2ncc(CC)s2)c(=O)[nH]c1=O. The fourth-order valence-electron chi connectivity index (χ4n) is 1.96. The Morgan fingerprint density at radius 2 is 2.19 bits per heavy atom. The summed E-state index contributed by atoms with van der Waals surface area (Å²) in [7, 11) is 0. The summed E-state index contributed by atoms with van der Waals surface area (Å²) in [6.07, 6.45) is 3.51. The molecule has 0 saturated heterocycles. The molecule has 0 unspecified atom stereocenters. The van der Waals surface area contributed by atoms with Crippen molar-refractivity contribution >= 4 is 22.8 Å². The highest BCUT2D eigenvalue weighted by Gasteiger charge is 2.12. The summed E-state index contributed by atoms with van der Waals surface area (Å²) in [5.74, 6) is 0.165. The van der Waals surface area contributed by atoms with Crippen LogP contribution in [0.4, 0.5) is 11.5 Å². The second kappa shape index (κ2) is 6.57. The molecule has 7 nitrogen and oxygen atoms in total. The molecule has 2 rings (SSSR count). The van der Waals surface area contributed by atoms with Gasteiger partial charge < -0.3 is 11.1 Å². The molecule has 0 bridgehead atoms. The molecule has 0 aromatic carbocycles. The topological polar surface area (TPSA) is 106 Å². The molecular weight excluding hydrogens is 290 g/mol. The monoisotopic (exact) mass is 309 g/mol. The van der Waals surface area contributed by atoms with Crippen LogP contribution in [0, 0.1) is 0 Å². The predicted molar refractivity (Wildman–Crippen MR) is 84.8 cm³/mol. The fourth-order valence-corrected chi connectivity index (χ4v) is 2.76. The van der Waals surface area contributed by atoms with E-state index >= 15 is 0 Å². The van der Waals surface area contributed by atoms with Crippen molar-refractivity contribution in [1.29, 1.82) is 0 Å². The summed E-state index contributed by atoms with van der Waals surface area (Å²) >= 11 is 1.59. The number of nitrogens with two attached hydrogens (primary N) is 1. The number of nitrogen functional groups attached to an aromatic ring is 1. The van der Waals surface area contributed by atoms with Crippen LogP contribution < -0.4 is 22.3 Å². The minimum atomic E-state index is -0.503. The zero-order chi connectivity index (χ0) is 15.4. The van der Waals surface area contributed by atoms with Gasteiger partial charge in [-0.15, -0.1) is 11.3 Å². The Labute approximate surface area is 125 Å². The first-order valence-corrected chi connectivity index (χ1v) is 7.68. The average Bonchev–Trinajstić information content (AvgIpc) is 2.91. The fraction of sp³-hybridized carbons (Fsp3) is 0.462. The maximum Gasteiger partial charge on any atom is 0.330 e. The van der Waals surface area contributed by atoms with Crippen LogP contribution >= 0.6 is 11.3 Å². The van der Waals surface area contributed by atoms with E-state index in [1.165, 1.54) is 9.44 Å². The molecule has 0 radical (unpaired) electrons. The maximum absolute atomic E-state index is 11.9. The Balaban J connectivity index is 2.25. The van der Waals surface area contributed by atoms with Crippen LogP contribution in [0.1, 0.15) is 30.2 Å². The van der Waals surface area contributed by atoms with E-state index in [0.717, 1.165) is 17.8 Å². The van der Waals surface area contributed by atoms with E-state index in [2.05, 4.69) is 22.2 Å². The smallest absolute Gasteiger partial charge is 0.330 e. The van der Waals surface area contributed by atoms with Crippen LogP contribution in [0.15, 0.2) is 15.8 Å². The number of aromatic amines is 1. The van der Waals surface area contributed by atoms with Crippen molar-refractivity contribution in [1.82, 2.24) is 14.5 Å². The van der Waals surface area contributed by atoms with E-state index in [-0.39, 0.29) is 11.5 Å². The zero-order valence-corrected chi connectivity index (χ0v) is 12.9. The van der Waals surface area contributed by atoms with Crippen molar-refractivity contribution in [3.05, 3.63) is 36.9 Å². The minimum absolute atomic E-state index is 0.165. The van der Waals surface area contributed by atoms with Crippen LogP contribution in [0.2, 0.25) is 0 Å². The molecule has 2 aromatic rings. The Morgan fingerprint density at radius 1 is 1.43 bits per heavy atom. The van der Waals surface area contributed by atoms with Gasteiger partial charge in [0.25, 0.3) is 5.56 Å². The van der Waals surface area contributed by atoms with Crippen molar-refractivity contribution in [2.45, 2.75) is 39.8 Å². The summed E-state index contributed by atoms with van der Waals surface area (Å²) in [4.78, 5) is 31.3. The van der Waals surface area contributed by atoms with Gasteiger partial charge in [-0.2, -0.15) is 0 Å². The van der Waals surface area contributed by atoms with E-state index in [1.54, 1.807) is 11.3 Å². The largest absolute Gasteiger partial charge is 0.383 e. The van der Waals surface area contributed by atoms with Crippen molar-refractivity contribution < 1.29 is 0 Å². The van der Waals surface area contributed by atoms with E-state index in [1.807, 2.05) is 13.1 Å². The third-order valence-electron chi connectivity index (χ3n) is 3.05. The van der Waals surface area contributed by atoms with Gasteiger partial charge in [-0.25, -0.2) is 9.78 Å². The minimum Gasteiger partial charge on any atom is -0.383 e. The van der Waals surface area contributed by atoms with Gasteiger partial charge >= 0.3 is 5.69 Å². The number of hydrogen-bond acceptors (Lipinski definition) is 6. The second-order valence-corrected chi connectivity index (χ2v) is 5.80. The summed E-state index contributed by atoms with van der Waals surface area (Å²) in [5, 5.41) is 3.85. The lowest BCUT2D eigenvalue weighted by molar-refractivity contribution is 0.642. The zero-order valence-electron chi connectivity index (χ0n) is 12.1. The first-order valence-electron chi connectivity index (χ1n) is 6.86. The summed E-state index contributed by atoms with van der Waals surface area (Å²) < 4.78 is 1.36. The molecule has 2 heterocycles. The summed E-state index contributed by atoms with van der Waals surface area (Å²) in [6, 6.07) is 0. The van der Waals surface area contributed by atoms with Gasteiger partial charge in [-0.3, -0.25) is 14.3 Å². The van der Waals surface area contributed by atoms with Crippen LogP contribution in [0.25, 0.3) is 0 Å². The highest BCUT2D eigenvalue weighted by atomic mass is 32.1. The van der Waals surface area contributed by atoms with Gasteiger partial charge in [0.2, 0.25) is 0 Å². The van der Waals surface area contributed by atoms with Crippen molar-refractivity contribution in [3.63, 3.8) is 0 Å². The quantitative estimate of drug-likeness (QED) is 0.742. The standard InChI is InChI=1S/C13H19N5O2S/c1-3-5-18-11(14)10(12(19)17-13(18)20)16-7-9-15-6-8(4-2)21-9/h6,16H,3-5,7,14H2,1-2H3,(H,17,19,20). The van der Waals surface area contributed by atoms with Crippen molar-refractivity contribution in [2.24, 2.45) is 0 Å².